The van der Waals surface area contributed by atoms with Crippen molar-refractivity contribution in [3.05, 3.63) is 83.1 Å². The molecule has 0 saturated carbocycles. The molecule has 2 nitrogen and oxygen atoms in total. The molecular formula is C18H15BrN2S. The minimum Gasteiger partial charge on any atom is -0.265 e. The minimum absolute atomic E-state index is 0.816. The quantitative estimate of drug-likeness (QED) is 0.616. The fourth-order valence-electron chi connectivity index (χ4n) is 2.14. The number of hydrogen-bond donors (Lipinski definition) is 1. The highest BCUT2D eigenvalue weighted by Crippen LogP contribution is 2.22. The van der Waals surface area contributed by atoms with Crippen LogP contribution in [0.2, 0.25) is 0 Å². The van der Waals surface area contributed by atoms with Crippen molar-refractivity contribution in [2.24, 2.45) is 0 Å². The number of aromatic nitrogens is 1. The van der Waals surface area contributed by atoms with Crippen molar-refractivity contribution in [2.75, 3.05) is 0 Å². The monoisotopic (exact) mass is 370 g/mol. The number of nitrogens with one attached hydrogen (secondary N) is 1. The van der Waals surface area contributed by atoms with Crippen molar-refractivity contribution in [3.63, 3.8) is 0 Å². The predicted molar refractivity (Wildman–Crippen MR) is 96.5 cm³/mol. The topological polar surface area (TPSA) is 24.9 Å². The Bertz CT molecular complexity index is 747. The fraction of sp³-hybridized carbons (Fsp3) is 0.0556. The Kier molecular flexibility index (Phi) is 5.27. The van der Waals surface area contributed by atoms with Crippen LogP contribution in [-0.4, -0.2) is 4.98 Å². The first-order chi connectivity index (χ1) is 10.8. The largest absolute Gasteiger partial charge is 0.265 e. The highest BCUT2D eigenvalue weighted by molar-refractivity contribution is 9.10. The second-order valence-corrected chi connectivity index (χ2v) is 6.70. The molecule has 4 heteroatoms. The van der Waals surface area contributed by atoms with Gasteiger partial charge in [-0.3, -0.25) is 9.71 Å². The van der Waals surface area contributed by atoms with Crippen LogP contribution in [0.5, 0.6) is 0 Å². The van der Waals surface area contributed by atoms with Crippen molar-refractivity contribution in [1.29, 1.82) is 0 Å². The molecule has 0 spiro atoms. The van der Waals surface area contributed by atoms with Gasteiger partial charge in [-0.1, -0.05) is 40.2 Å². The Morgan fingerprint density at radius 1 is 0.909 bits per heavy atom. The Balaban J connectivity index is 1.64. The number of rotatable bonds is 5. The molecule has 0 saturated heterocycles. The van der Waals surface area contributed by atoms with Gasteiger partial charge in [0.2, 0.25) is 0 Å². The average Bonchev–Trinajstić information content (AvgIpc) is 2.56. The van der Waals surface area contributed by atoms with Crippen LogP contribution in [0.3, 0.4) is 0 Å². The van der Waals surface area contributed by atoms with E-state index in [4.69, 9.17) is 0 Å². The number of pyridine rings is 1. The van der Waals surface area contributed by atoms with Crippen molar-refractivity contribution in [1.82, 2.24) is 9.71 Å². The van der Waals surface area contributed by atoms with Crippen LogP contribution < -0.4 is 4.72 Å². The van der Waals surface area contributed by atoms with Gasteiger partial charge in [0.1, 0.15) is 0 Å². The summed E-state index contributed by atoms with van der Waals surface area (Å²) < 4.78 is 4.50. The second kappa shape index (κ2) is 7.58. The van der Waals surface area contributed by atoms with Gasteiger partial charge in [-0.15, -0.1) is 0 Å². The van der Waals surface area contributed by atoms with Gasteiger partial charge in [0.25, 0.3) is 0 Å². The smallest absolute Gasteiger partial charge is 0.0313 e. The van der Waals surface area contributed by atoms with Crippen LogP contribution in [-0.2, 0) is 6.54 Å². The van der Waals surface area contributed by atoms with E-state index < -0.39 is 0 Å². The van der Waals surface area contributed by atoms with Crippen molar-refractivity contribution in [2.45, 2.75) is 11.4 Å². The summed E-state index contributed by atoms with van der Waals surface area (Å²) in [5, 5.41) is 0. The van der Waals surface area contributed by atoms with Crippen LogP contribution in [0.4, 0.5) is 0 Å². The lowest BCUT2D eigenvalue weighted by molar-refractivity contribution is 0.975. The maximum Gasteiger partial charge on any atom is 0.0313 e. The molecule has 0 unspecified atom stereocenters. The van der Waals surface area contributed by atoms with Gasteiger partial charge in [-0.25, -0.2) is 0 Å². The second-order valence-electron chi connectivity index (χ2n) is 4.82. The maximum absolute atomic E-state index is 4.06. The highest BCUT2D eigenvalue weighted by atomic mass is 79.9. The first kappa shape index (κ1) is 15.3. The molecule has 0 bridgehead atoms. The van der Waals surface area contributed by atoms with E-state index in [0.29, 0.717) is 0 Å². The Morgan fingerprint density at radius 2 is 1.73 bits per heavy atom. The SMILES string of the molecule is Brc1cccc(SNCc2cccc(-c3ccncc3)c2)c1. The van der Waals surface area contributed by atoms with E-state index in [0.717, 1.165) is 11.0 Å². The number of nitrogens with zero attached hydrogens (tertiary/aromatic N) is 1. The van der Waals surface area contributed by atoms with Gasteiger partial charge >= 0.3 is 0 Å². The molecule has 1 aromatic heterocycles. The molecule has 1 heterocycles. The van der Waals surface area contributed by atoms with Crippen LogP contribution in [0.15, 0.2) is 82.4 Å². The van der Waals surface area contributed by atoms with Gasteiger partial charge in [0, 0.05) is 28.3 Å². The molecule has 0 amide bonds. The summed E-state index contributed by atoms with van der Waals surface area (Å²) in [5.74, 6) is 0. The number of benzene rings is 2. The lowest BCUT2D eigenvalue weighted by Crippen LogP contribution is -2.02. The fourth-order valence-corrected chi connectivity index (χ4v) is 3.43. The predicted octanol–water partition coefficient (Wildman–Crippen LogP) is 5.31. The molecule has 0 aliphatic heterocycles. The van der Waals surface area contributed by atoms with Crippen molar-refractivity contribution < 1.29 is 0 Å². The van der Waals surface area contributed by atoms with Crippen LogP contribution in [0.25, 0.3) is 11.1 Å². The summed E-state index contributed by atoms with van der Waals surface area (Å²) in [6.45, 7) is 0.816. The molecule has 110 valence electrons. The van der Waals surface area contributed by atoms with Gasteiger partial charge in [-0.05, 0) is 65.0 Å². The third-order valence-corrected chi connectivity index (χ3v) is 4.47. The van der Waals surface area contributed by atoms with Crippen molar-refractivity contribution >= 4 is 27.9 Å². The van der Waals surface area contributed by atoms with Crippen LogP contribution in [0, 0.1) is 0 Å². The molecule has 0 atom stereocenters. The van der Waals surface area contributed by atoms with Crippen LogP contribution >= 0.6 is 27.9 Å². The first-order valence-corrected chi connectivity index (χ1v) is 8.57. The summed E-state index contributed by atoms with van der Waals surface area (Å²) in [7, 11) is 0. The normalized spacial score (nSPS) is 10.6. The average molecular weight is 371 g/mol. The molecule has 3 aromatic rings. The maximum atomic E-state index is 4.06. The highest BCUT2D eigenvalue weighted by Gasteiger charge is 2.00. The molecule has 22 heavy (non-hydrogen) atoms. The molecule has 2 aromatic carbocycles. The Labute approximate surface area is 143 Å². The first-order valence-electron chi connectivity index (χ1n) is 6.96. The van der Waals surface area contributed by atoms with E-state index in [1.807, 2.05) is 36.7 Å². The van der Waals surface area contributed by atoms with E-state index >= 15 is 0 Å². The van der Waals surface area contributed by atoms with E-state index in [1.54, 1.807) is 11.9 Å². The molecule has 0 fully saturated rings. The lowest BCUT2D eigenvalue weighted by Gasteiger charge is -2.07. The van der Waals surface area contributed by atoms with E-state index in [1.165, 1.54) is 21.6 Å². The van der Waals surface area contributed by atoms with Gasteiger partial charge in [0.15, 0.2) is 0 Å². The number of halogens is 1. The molecule has 3 rings (SSSR count). The Hall–Kier alpha value is -1.62. The molecule has 1 N–H and O–H groups in total. The zero-order valence-corrected chi connectivity index (χ0v) is 14.3. The van der Waals surface area contributed by atoms with Gasteiger partial charge in [0.05, 0.1) is 0 Å². The molecule has 0 aliphatic rings. The molecular weight excluding hydrogens is 356 g/mol. The summed E-state index contributed by atoms with van der Waals surface area (Å²) in [6, 6.07) is 20.9. The van der Waals surface area contributed by atoms with Gasteiger partial charge < -0.3 is 0 Å². The molecule has 0 aliphatic carbocycles. The summed E-state index contributed by atoms with van der Waals surface area (Å²) in [4.78, 5) is 5.26. The minimum atomic E-state index is 0.816. The lowest BCUT2D eigenvalue weighted by atomic mass is 10.0. The zero-order valence-electron chi connectivity index (χ0n) is 11.9. The summed E-state index contributed by atoms with van der Waals surface area (Å²) >= 11 is 5.13. The third kappa shape index (κ3) is 4.19. The Morgan fingerprint density at radius 3 is 2.55 bits per heavy atom. The zero-order chi connectivity index (χ0) is 15.2. The number of hydrogen-bond acceptors (Lipinski definition) is 3. The summed E-state index contributed by atoms with van der Waals surface area (Å²) in [6.07, 6.45) is 3.65. The van der Waals surface area contributed by atoms with Gasteiger partial charge in [-0.2, -0.15) is 0 Å². The van der Waals surface area contributed by atoms with E-state index in [-0.39, 0.29) is 0 Å². The third-order valence-electron chi connectivity index (χ3n) is 3.20. The summed E-state index contributed by atoms with van der Waals surface area (Å²) in [5.41, 5.74) is 3.67. The standard InChI is InChI=1S/C18H15BrN2S/c19-17-5-2-6-18(12-17)22-21-13-14-3-1-4-16(11-14)15-7-9-20-10-8-15/h1-12,21H,13H2. The van der Waals surface area contributed by atoms with Crippen LogP contribution in [0.1, 0.15) is 5.56 Å². The van der Waals surface area contributed by atoms with Crippen molar-refractivity contribution in [3.8, 4) is 11.1 Å². The molecule has 0 radical (unpaired) electrons. The van der Waals surface area contributed by atoms with E-state index in [2.05, 4.69) is 62.0 Å². The van der Waals surface area contributed by atoms with E-state index in [9.17, 15) is 0 Å².